The van der Waals surface area contributed by atoms with Gasteiger partial charge in [0, 0.05) is 50.2 Å². The molecule has 2 saturated heterocycles. The second-order valence-electron chi connectivity index (χ2n) is 18.9. The molecule has 0 radical (unpaired) electrons. The summed E-state index contributed by atoms with van der Waals surface area (Å²) in [6.45, 7) is 12.1. The Morgan fingerprint density at radius 1 is 0.901 bits per heavy atom. The summed E-state index contributed by atoms with van der Waals surface area (Å²) in [6.07, 6.45) is -4.78. The lowest BCUT2D eigenvalue weighted by Gasteiger charge is -2.46. The van der Waals surface area contributed by atoms with Gasteiger partial charge in [0.1, 0.15) is 36.6 Å². The molecule has 0 bridgehead atoms. The number of nitrogens with zero attached hydrogens (tertiary/aromatic N) is 2. The first kappa shape index (κ1) is 59.1. The van der Waals surface area contributed by atoms with Crippen LogP contribution in [0.3, 0.4) is 0 Å². The number of cyclic esters (lactones) is 1. The largest absolute Gasteiger partial charge is 0.463 e. The van der Waals surface area contributed by atoms with Crippen molar-refractivity contribution in [3.05, 3.63) is 75.9 Å². The number of hydrogen-bond donors (Lipinski definition) is 3. The van der Waals surface area contributed by atoms with Gasteiger partial charge in [-0.2, -0.15) is 0 Å². The van der Waals surface area contributed by atoms with E-state index < -0.39 is 133 Å². The highest BCUT2D eigenvalue weighted by Gasteiger charge is 2.48. The van der Waals surface area contributed by atoms with E-state index in [-0.39, 0.29) is 50.4 Å². The van der Waals surface area contributed by atoms with E-state index in [1.807, 2.05) is 13.0 Å². The van der Waals surface area contributed by atoms with Crippen molar-refractivity contribution in [1.29, 1.82) is 0 Å². The molecule has 0 amide bonds. The molecule has 17 atom stereocenters. The zero-order valence-corrected chi connectivity index (χ0v) is 42.8. The zero-order valence-electron chi connectivity index (χ0n) is 42.8. The first-order chi connectivity index (χ1) is 33.6. The van der Waals surface area contributed by atoms with Crippen molar-refractivity contribution in [1.82, 2.24) is 4.90 Å². The number of nitro benzene ring substituents is 1. The van der Waals surface area contributed by atoms with Crippen LogP contribution in [0.5, 0.6) is 0 Å². The minimum Gasteiger partial charge on any atom is -0.463 e. The number of ether oxygens (including phenoxy) is 9. The standard InChI is InChI=1S/C51H76N2O18/c1-12-38-35(27-66-51-49(64-11)48(63-10)45(59)32(7)68-51)23-28(3)17-22-37(54)29(4)24-34(15-14-16-40(55)65-13-2)47(71-50-46(60)43(52(8)9)44(58)31(6)67-50)30(5)39(26-42(57)69-38)70-41(56)25-33-18-20-36(21-19-33)53(61)62/h14,16-23,29-32,34-35,38-39,43-51,58-60H,12-13,15,24-27H2,1-11H3/b16-14+,22-17+,28-23+/t29-,30+,31+,32-,34+,35-,38-,39+,43-,44+,45-,46+,47-,48-,49-,50-,51-/m1/s1. The Hall–Kier alpha value is -4.48. The number of carbonyl (C=O) groups excluding carboxylic acids is 4. The highest BCUT2D eigenvalue weighted by molar-refractivity contribution is 5.91. The first-order valence-electron chi connectivity index (χ1n) is 24.3. The smallest absolute Gasteiger partial charge is 0.330 e. The van der Waals surface area contributed by atoms with Crippen molar-refractivity contribution >= 4 is 29.4 Å². The molecule has 398 valence electrons. The Morgan fingerprint density at radius 2 is 1.55 bits per heavy atom. The SMILES string of the molecule is CCOC(=O)/C=C/C[C@H]1C[C@@H](C)C(=O)/C=C/C(C)=C/[C@H](CO[C@@H]2O[C@H](C)[C@@H](O)[C@@H](OC)[C@H]2OC)[C@@H](CC)OC(=O)C[C@H](OC(=O)Cc2ccc([N+](=O)[O-])cc2)[C@H](C)[C@H]1O[C@H]1O[C@@H](C)[C@H](O)[C@@H](N(C)C)[C@@H]1O. The van der Waals surface area contributed by atoms with Crippen LogP contribution in [-0.4, -0.2) is 170 Å². The highest BCUT2D eigenvalue weighted by atomic mass is 16.7. The second-order valence-corrected chi connectivity index (χ2v) is 18.9. The van der Waals surface area contributed by atoms with Gasteiger partial charge in [0.25, 0.3) is 5.69 Å². The fourth-order valence-corrected chi connectivity index (χ4v) is 9.41. The van der Waals surface area contributed by atoms with Crippen LogP contribution < -0.4 is 0 Å². The molecule has 4 rings (SSSR count). The molecule has 20 nitrogen and oxygen atoms in total. The minimum absolute atomic E-state index is 0.0726. The van der Waals surface area contributed by atoms with Gasteiger partial charge in [0.2, 0.25) is 0 Å². The molecule has 1 aromatic rings. The second kappa shape index (κ2) is 28.1. The topological polar surface area (TPSA) is 258 Å². The van der Waals surface area contributed by atoms with Crippen molar-refractivity contribution in [2.75, 3.05) is 41.5 Å². The molecule has 0 spiro atoms. The number of likely N-dealkylation sites (N-methyl/N-ethyl adjacent to an activating group) is 1. The van der Waals surface area contributed by atoms with Gasteiger partial charge in [-0.1, -0.05) is 56.7 Å². The van der Waals surface area contributed by atoms with Gasteiger partial charge >= 0.3 is 17.9 Å². The van der Waals surface area contributed by atoms with Gasteiger partial charge in [0.15, 0.2) is 18.4 Å². The Labute approximate surface area is 416 Å². The fourth-order valence-electron chi connectivity index (χ4n) is 9.41. The lowest BCUT2D eigenvalue weighted by Crippen LogP contribution is -2.63. The summed E-state index contributed by atoms with van der Waals surface area (Å²) >= 11 is 0. The van der Waals surface area contributed by atoms with E-state index in [1.54, 1.807) is 72.7 Å². The molecule has 0 aliphatic carbocycles. The van der Waals surface area contributed by atoms with E-state index in [0.29, 0.717) is 11.1 Å². The third kappa shape index (κ3) is 16.5. The molecule has 3 N–H and O–H groups in total. The van der Waals surface area contributed by atoms with Crippen LogP contribution >= 0.6 is 0 Å². The van der Waals surface area contributed by atoms with Crippen molar-refractivity contribution in [3.8, 4) is 0 Å². The van der Waals surface area contributed by atoms with Crippen LogP contribution in [0.4, 0.5) is 5.69 Å². The molecule has 3 aliphatic heterocycles. The molecule has 1 aromatic carbocycles. The molecule has 3 aliphatic rings. The number of aliphatic hydroxyl groups is 3. The van der Waals surface area contributed by atoms with Crippen molar-refractivity contribution < 1.29 is 82.1 Å². The van der Waals surface area contributed by atoms with Crippen LogP contribution in [0, 0.1) is 33.8 Å². The van der Waals surface area contributed by atoms with E-state index in [2.05, 4.69) is 0 Å². The number of aliphatic hydroxyl groups excluding tert-OH is 3. The molecule has 0 aromatic heterocycles. The number of nitro groups is 1. The molecule has 2 fully saturated rings. The maximum absolute atomic E-state index is 14.5. The zero-order chi connectivity index (χ0) is 52.7. The van der Waals surface area contributed by atoms with Crippen molar-refractivity contribution in [2.24, 2.45) is 23.7 Å². The molecule has 0 saturated carbocycles. The Bertz CT molecular complexity index is 1990. The van der Waals surface area contributed by atoms with Gasteiger partial charge in [-0.15, -0.1) is 0 Å². The number of hydrogen-bond acceptors (Lipinski definition) is 19. The van der Waals surface area contributed by atoms with Gasteiger partial charge in [0.05, 0.1) is 61.4 Å². The number of carbonyl (C=O) groups is 4. The van der Waals surface area contributed by atoms with E-state index in [0.717, 1.165) is 0 Å². The summed E-state index contributed by atoms with van der Waals surface area (Å²) in [5.41, 5.74) is 0.864. The number of ketones is 1. The maximum atomic E-state index is 14.5. The van der Waals surface area contributed by atoms with Crippen molar-refractivity contribution in [2.45, 2.75) is 160 Å². The van der Waals surface area contributed by atoms with Crippen LogP contribution in [0.15, 0.2) is 60.2 Å². The van der Waals surface area contributed by atoms with Gasteiger partial charge in [-0.3, -0.25) is 24.5 Å². The number of allylic oxidation sites excluding steroid dienone is 4. The molecule has 20 heteroatoms. The quantitative estimate of drug-likeness (QED) is 0.0650. The van der Waals surface area contributed by atoms with Gasteiger partial charge < -0.3 is 62.9 Å². The molecule has 3 heterocycles. The average Bonchev–Trinajstić information content (AvgIpc) is 3.31. The summed E-state index contributed by atoms with van der Waals surface area (Å²) in [4.78, 5) is 67.6. The van der Waals surface area contributed by atoms with E-state index in [9.17, 15) is 44.6 Å². The Kier molecular flexibility index (Phi) is 23.4. The third-order valence-corrected chi connectivity index (χ3v) is 13.4. The van der Waals surface area contributed by atoms with E-state index >= 15 is 0 Å². The first-order valence-corrected chi connectivity index (χ1v) is 24.3. The lowest BCUT2D eigenvalue weighted by molar-refractivity contribution is -0.384. The summed E-state index contributed by atoms with van der Waals surface area (Å²) in [6, 6.07) is 4.53. The fraction of sp³-hybridized carbons (Fsp3) is 0.686. The van der Waals surface area contributed by atoms with Crippen LogP contribution in [0.1, 0.15) is 79.7 Å². The highest BCUT2D eigenvalue weighted by Crippen LogP contribution is 2.36. The lowest BCUT2D eigenvalue weighted by atomic mass is 9.79. The minimum atomic E-state index is -1.42. The van der Waals surface area contributed by atoms with Gasteiger partial charge in [-0.25, -0.2) is 4.79 Å². The van der Waals surface area contributed by atoms with Crippen LogP contribution in [-0.2, 0) is 68.2 Å². The number of non-ortho nitro benzene ring substituents is 1. The average molecular weight is 1010 g/mol. The normalized spacial score (nSPS) is 35.9. The predicted octanol–water partition coefficient (Wildman–Crippen LogP) is 4.18. The summed E-state index contributed by atoms with van der Waals surface area (Å²) in [5.74, 6) is -5.32. The van der Waals surface area contributed by atoms with E-state index in [1.165, 1.54) is 50.6 Å². The third-order valence-electron chi connectivity index (χ3n) is 13.4. The maximum Gasteiger partial charge on any atom is 0.330 e. The van der Waals surface area contributed by atoms with Gasteiger partial charge in [-0.05, 0) is 78.6 Å². The summed E-state index contributed by atoms with van der Waals surface area (Å²) < 4.78 is 54.1. The predicted molar refractivity (Wildman–Crippen MR) is 256 cm³/mol. The van der Waals surface area contributed by atoms with E-state index in [4.69, 9.17) is 42.6 Å². The Morgan fingerprint density at radius 3 is 2.15 bits per heavy atom. The molecular weight excluding hydrogens is 929 g/mol. The number of methoxy groups -OCH3 is 2. The van der Waals surface area contributed by atoms with Crippen molar-refractivity contribution in [3.63, 3.8) is 0 Å². The molecule has 71 heavy (non-hydrogen) atoms. The summed E-state index contributed by atoms with van der Waals surface area (Å²) in [7, 11) is 6.27. The number of esters is 3. The summed E-state index contributed by atoms with van der Waals surface area (Å²) in [5, 5.41) is 45.0. The number of benzene rings is 1. The molecule has 0 unspecified atom stereocenters. The Balaban J connectivity index is 1.84. The number of rotatable bonds is 17. The van der Waals surface area contributed by atoms with Crippen LogP contribution in [0.2, 0.25) is 0 Å². The van der Waals surface area contributed by atoms with Crippen LogP contribution in [0.25, 0.3) is 0 Å². The molecular formula is C51H76N2O18. The monoisotopic (exact) mass is 1000 g/mol.